The lowest BCUT2D eigenvalue weighted by molar-refractivity contribution is -0.117. The van der Waals surface area contributed by atoms with Gasteiger partial charge >= 0.3 is 0 Å². The first-order valence-electron chi connectivity index (χ1n) is 10.7. The molecule has 0 bridgehead atoms. The zero-order valence-corrected chi connectivity index (χ0v) is 17.8. The fraction of sp³-hybridized carbons (Fsp3) is 0.292. The van der Waals surface area contributed by atoms with Crippen LogP contribution in [0.1, 0.15) is 29.6 Å². The van der Waals surface area contributed by atoms with Crippen molar-refractivity contribution in [2.45, 2.75) is 19.3 Å². The van der Waals surface area contributed by atoms with Gasteiger partial charge < -0.3 is 19.7 Å². The van der Waals surface area contributed by atoms with E-state index in [1.54, 1.807) is 22.8 Å². The molecule has 164 valence electrons. The van der Waals surface area contributed by atoms with Crippen LogP contribution < -0.4 is 19.7 Å². The van der Waals surface area contributed by atoms with Gasteiger partial charge in [-0.15, -0.1) is 0 Å². The van der Waals surface area contributed by atoms with Crippen molar-refractivity contribution in [2.75, 3.05) is 30.0 Å². The lowest BCUT2D eigenvalue weighted by atomic mass is 10.1. The van der Waals surface area contributed by atoms with Crippen LogP contribution in [0.4, 0.5) is 11.4 Å². The van der Waals surface area contributed by atoms with Gasteiger partial charge in [0, 0.05) is 49.6 Å². The molecule has 0 aliphatic carbocycles. The summed E-state index contributed by atoms with van der Waals surface area (Å²) in [7, 11) is 1.78. The van der Waals surface area contributed by atoms with E-state index < -0.39 is 0 Å². The average Bonchev–Trinajstić information content (AvgIpc) is 3.32. The van der Waals surface area contributed by atoms with Gasteiger partial charge in [-0.25, -0.2) is 0 Å². The number of carbonyl (C=O) groups excluding carboxylic acids is 2. The molecule has 5 rings (SSSR count). The molecule has 0 unspecified atom stereocenters. The first-order valence-corrected chi connectivity index (χ1v) is 10.7. The Hall–Kier alpha value is -3.81. The van der Waals surface area contributed by atoms with Crippen LogP contribution in [0.25, 0.3) is 11.3 Å². The summed E-state index contributed by atoms with van der Waals surface area (Å²) < 4.78 is 13.1. The predicted octanol–water partition coefficient (Wildman–Crippen LogP) is 3.63. The normalized spacial score (nSPS) is 15.5. The molecule has 0 radical (unpaired) electrons. The topological polar surface area (TPSA) is 85.7 Å². The minimum absolute atomic E-state index is 0.136. The predicted molar refractivity (Wildman–Crippen MR) is 120 cm³/mol. The second-order valence-electron chi connectivity index (χ2n) is 7.93. The third kappa shape index (κ3) is 3.91. The fourth-order valence-electron chi connectivity index (χ4n) is 4.02. The average molecular weight is 432 g/mol. The summed E-state index contributed by atoms with van der Waals surface area (Å²) in [6.07, 6.45) is 3.99. The van der Waals surface area contributed by atoms with E-state index in [9.17, 15) is 9.59 Å². The van der Waals surface area contributed by atoms with Crippen molar-refractivity contribution < 1.29 is 19.1 Å². The highest BCUT2D eigenvalue weighted by Crippen LogP contribution is 2.35. The van der Waals surface area contributed by atoms with Crippen LogP contribution in [-0.2, 0) is 11.8 Å². The Labute approximate surface area is 185 Å². The first-order chi connectivity index (χ1) is 15.6. The molecule has 2 aliphatic rings. The van der Waals surface area contributed by atoms with Crippen molar-refractivity contribution in [3.05, 3.63) is 54.2 Å². The Bertz CT molecular complexity index is 1170. The van der Waals surface area contributed by atoms with Crippen molar-refractivity contribution in [2.24, 2.45) is 7.05 Å². The van der Waals surface area contributed by atoms with Crippen molar-refractivity contribution >= 4 is 23.2 Å². The van der Waals surface area contributed by atoms with Crippen LogP contribution in [0.5, 0.6) is 11.5 Å². The maximum Gasteiger partial charge on any atom is 0.259 e. The molecular formula is C24H24N4O4. The molecule has 32 heavy (non-hydrogen) atoms. The van der Waals surface area contributed by atoms with Gasteiger partial charge in [0.1, 0.15) is 5.69 Å². The van der Waals surface area contributed by atoms with Gasteiger partial charge in [-0.3, -0.25) is 14.3 Å². The number of hydrogen-bond donors (Lipinski definition) is 1. The number of nitrogens with zero attached hydrogens (tertiary/aromatic N) is 3. The molecule has 1 aromatic heterocycles. The van der Waals surface area contributed by atoms with Crippen LogP contribution in [-0.4, -0.2) is 41.4 Å². The monoisotopic (exact) mass is 432 g/mol. The molecule has 2 aromatic carbocycles. The molecule has 0 saturated carbocycles. The fourth-order valence-corrected chi connectivity index (χ4v) is 4.02. The van der Waals surface area contributed by atoms with Crippen LogP contribution in [0, 0.1) is 0 Å². The standard InChI is InChI=1S/C24H24N4O4/c1-27-15-19(23(26-27)16-5-10-20-21(14-16)32-13-3-12-31-20)24(30)25-17-6-8-18(9-7-17)28-11-2-4-22(28)29/h5-10,14-15H,2-4,11-13H2,1H3,(H,25,30). The summed E-state index contributed by atoms with van der Waals surface area (Å²) in [5.74, 6) is 1.23. The Morgan fingerprint density at radius 2 is 1.81 bits per heavy atom. The number of aryl methyl sites for hydroxylation is 1. The minimum Gasteiger partial charge on any atom is -0.490 e. The van der Waals surface area contributed by atoms with Crippen LogP contribution in [0.15, 0.2) is 48.7 Å². The van der Waals surface area contributed by atoms with Gasteiger partial charge in [-0.05, 0) is 48.9 Å². The molecule has 2 aliphatic heterocycles. The molecule has 1 saturated heterocycles. The highest BCUT2D eigenvalue weighted by molar-refractivity contribution is 6.08. The number of aromatic nitrogens is 2. The number of amides is 2. The largest absolute Gasteiger partial charge is 0.490 e. The van der Waals surface area contributed by atoms with Crippen LogP contribution in [0.2, 0.25) is 0 Å². The van der Waals surface area contributed by atoms with E-state index in [0.717, 1.165) is 30.6 Å². The van der Waals surface area contributed by atoms with E-state index in [0.29, 0.717) is 48.1 Å². The number of nitrogens with one attached hydrogen (secondary N) is 1. The summed E-state index contributed by atoms with van der Waals surface area (Å²) in [4.78, 5) is 26.8. The minimum atomic E-state index is -0.259. The van der Waals surface area contributed by atoms with Crippen LogP contribution >= 0.6 is 0 Å². The highest BCUT2D eigenvalue weighted by atomic mass is 16.5. The molecule has 0 spiro atoms. The Kier molecular flexibility index (Phi) is 5.26. The molecule has 1 fully saturated rings. The number of hydrogen-bond acceptors (Lipinski definition) is 5. The quantitative estimate of drug-likeness (QED) is 0.681. The van der Waals surface area contributed by atoms with E-state index >= 15 is 0 Å². The molecular weight excluding hydrogens is 408 g/mol. The second kappa shape index (κ2) is 8.37. The van der Waals surface area contributed by atoms with Crippen molar-refractivity contribution in [1.82, 2.24) is 9.78 Å². The lowest BCUT2D eigenvalue weighted by Crippen LogP contribution is -2.23. The molecule has 1 N–H and O–H groups in total. The Morgan fingerprint density at radius 1 is 1.03 bits per heavy atom. The van der Waals surface area contributed by atoms with E-state index in [1.807, 2.05) is 42.5 Å². The van der Waals surface area contributed by atoms with Crippen LogP contribution in [0.3, 0.4) is 0 Å². The number of carbonyl (C=O) groups is 2. The number of benzene rings is 2. The van der Waals surface area contributed by atoms with Gasteiger partial charge in [0.05, 0.1) is 18.8 Å². The Morgan fingerprint density at radius 3 is 2.56 bits per heavy atom. The number of fused-ring (bicyclic) bond motifs is 1. The molecule has 0 atom stereocenters. The van der Waals surface area contributed by atoms with Crippen molar-refractivity contribution in [3.8, 4) is 22.8 Å². The summed E-state index contributed by atoms with van der Waals surface area (Å²) in [6.45, 7) is 1.94. The number of ether oxygens (including phenoxy) is 2. The van der Waals surface area contributed by atoms with Gasteiger partial charge in [0.2, 0.25) is 5.91 Å². The third-order valence-corrected chi connectivity index (χ3v) is 5.60. The van der Waals surface area contributed by atoms with E-state index in [1.165, 1.54) is 0 Å². The van der Waals surface area contributed by atoms with Gasteiger partial charge in [-0.1, -0.05) is 0 Å². The lowest BCUT2D eigenvalue weighted by Gasteiger charge is -2.16. The zero-order chi connectivity index (χ0) is 22.1. The Balaban J connectivity index is 1.37. The van der Waals surface area contributed by atoms with Gasteiger partial charge in [0.15, 0.2) is 11.5 Å². The zero-order valence-electron chi connectivity index (χ0n) is 17.8. The molecule has 3 heterocycles. The van der Waals surface area contributed by atoms with E-state index in [2.05, 4.69) is 10.4 Å². The van der Waals surface area contributed by atoms with E-state index in [4.69, 9.17) is 9.47 Å². The summed E-state index contributed by atoms with van der Waals surface area (Å²) in [6, 6.07) is 12.9. The summed E-state index contributed by atoms with van der Waals surface area (Å²) in [5.41, 5.74) is 3.31. The van der Waals surface area contributed by atoms with Crippen molar-refractivity contribution in [1.29, 1.82) is 0 Å². The second-order valence-corrected chi connectivity index (χ2v) is 7.93. The van der Waals surface area contributed by atoms with Gasteiger partial charge in [-0.2, -0.15) is 5.10 Å². The van der Waals surface area contributed by atoms with Crippen molar-refractivity contribution in [3.63, 3.8) is 0 Å². The smallest absolute Gasteiger partial charge is 0.259 e. The third-order valence-electron chi connectivity index (χ3n) is 5.60. The highest BCUT2D eigenvalue weighted by Gasteiger charge is 2.22. The molecule has 2 amide bonds. The van der Waals surface area contributed by atoms with Gasteiger partial charge in [0.25, 0.3) is 5.91 Å². The summed E-state index contributed by atoms with van der Waals surface area (Å²) in [5, 5.41) is 7.44. The number of rotatable bonds is 4. The maximum absolute atomic E-state index is 13.1. The number of anilines is 2. The SMILES string of the molecule is Cn1cc(C(=O)Nc2ccc(N3CCCC3=O)cc2)c(-c2ccc3c(c2)OCCCO3)n1. The maximum atomic E-state index is 13.1. The molecule has 8 nitrogen and oxygen atoms in total. The molecule has 8 heteroatoms. The van der Waals surface area contributed by atoms with E-state index in [-0.39, 0.29) is 11.8 Å². The molecule has 3 aromatic rings. The summed E-state index contributed by atoms with van der Waals surface area (Å²) >= 11 is 0. The first kappa shape index (κ1) is 20.1.